The van der Waals surface area contributed by atoms with E-state index in [1.54, 1.807) is 11.0 Å². The van der Waals surface area contributed by atoms with Crippen molar-refractivity contribution in [1.29, 1.82) is 5.26 Å². The van der Waals surface area contributed by atoms with Gasteiger partial charge in [-0.25, -0.2) is 4.98 Å². The molecule has 0 radical (unpaired) electrons. The minimum atomic E-state index is -0.686. The molecule has 0 spiro atoms. The van der Waals surface area contributed by atoms with Crippen LogP contribution in [0.4, 0.5) is 0 Å². The summed E-state index contributed by atoms with van der Waals surface area (Å²) in [6, 6.07) is 18.2. The molecule has 0 amide bonds. The Balaban J connectivity index is 1.91. The highest BCUT2D eigenvalue weighted by molar-refractivity contribution is 9.10. The van der Waals surface area contributed by atoms with E-state index in [-0.39, 0.29) is 0 Å². The smallest absolute Gasteiger partial charge is 0.137 e. The molecule has 4 nitrogen and oxygen atoms in total. The molecule has 1 aromatic heterocycles. The van der Waals surface area contributed by atoms with Gasteiger partial charge in [0, 0.05) is 9.50 Å². The first-order valence-electron chi connectivity index (χ1n) is 7.85. The lowest BCUT2D eigenvalue weighted by Crippen LogP contribution is -2.31. The first-order chi connectivity index (χ1) is 12.1. The molecule has 3 aromatic rings. The number of nitrogens with zero attached hydrogens (tertiary/aromatic N) is 4. The van der Waals surface area contributed by atoms with Crippen molar-refractivity contribution in [2.24, 2.45) is 0 Å². The number of hydrogen-bond donors (Lipinski definition) is 0. The van der Waals surface area contributed by atoms with Gasteiger partial charge in [-0.3, -0.25) is 4.68 Å². The second-order valence-electron chi connectivity index (χ2n) is 5.92. The van der Waals surface area contributed by atoms with E-state index in [2.05, 4.69) is 32.1 Å². The number of hydrogen-bond acceptors (Lipinski definition) is 3. The summed E-state index contributed by atoms with van der Waals surface area (Å²) >= 11 is 9.41. The average molecular weight is 416 g/mol. The summed E-state index contributed by atoms with van der Waals surface area (Å²) in [5, 5.41) is 15.0. The number of nitriles is 1. The van der Waals surface area contributed by atoms with Crippen molar-refractivity contribution in [3.8, 4) is 6.07 Å². The first kappa shape index (κ1) is 17.7. The normalized spacial score (nSPS) is 13.2. The van der Waals surface area contributed by atoms with Crippen LogP contribution in [0.1, 0.15) is 17.5 Å². The van der Waals surface area contributed by atoms with Gasteiger partial charge in [-0.15, -0.1) is 0 Å². The predicted molar refractivity (Wildman–Crippen MR) is 101 cm³/mol. The van der Waals surface area contributed by atoms with E-state index in [9.17, 15) is 5.26 Å². The molecule has 1 unspecified atom stereocenters. The molecule has 25 heavy (non-hydrogen) atoms. The van der Waals surface area contributed by atoms with Crippen molar-refractivity contribution in [2.45, 2.75) is 24.8 Å². The van der Waals surface area contributed by atoms with Gasteiger partial charge in [0.05, 0.1) is 12.6 Å². The summed E-state index contributed by atoms with van der Waals surface area (Å²) in [6.07, 6.45) is 4.58. The molecule has 1 heterocycles. The Bertz CT molecular complexity index is 854. The molecule has 6 heteroatoms. The maximum absolute atomic E-state index is 10.1. The maximum atomic E-state index is 10.1. The van der Waals surface area contributed by atoms with E-state index >= 15 is 0 Å². The summed E-state index contributed by atoms with van der Waals surface area (Å²) < 4.78 is 2.70. The third-order valence-electron chi connectivity index (χ3n) is 4.26. The van der Waals surface area contributed by atoms with Crippen molar-refractivity contribution >= 4 is 27.5 Å². The fourth-order valence-corrected chi connectivity index (χ4v) is 3.23. The average Bonchev–Trinajstić information content (AvgIpc) is 3.13. The Morgan fingerprint density at radius 1 is 1.12 bits per heavy atom. The van der Waals surface area contributed by atoms with E-state index in [1.165, 1.54) is 6.33 Å². The summed E-state index contributed by atoms with van der Waals surface area (Å²) in [4.78, 5) is 4.00. The van der Waals surface area contributed by atoms with Crippen LogP contribution >= 0.6 is 27.5 Å². The number of halogens is 2. The molecular formula is C19H16BrClN4. The van der Waals surface area contributed by atoms with Crippen LogP contribution in [0.25, 0.3) is 0 Å². The van der Waals surface area contributed by atoms with Crippen molar-refractivity contribution in [3.63, 3.8) is 0 Å². The van der Waals surface area contributed by atoms with Gasteiger partial charge in [0.15, 0.2) is 0 Å². The highest BCUT2D eigenvalue weighted by Gasteiger charge is 2.33. The van der Waals surface area contributed by atoms with Crippen LogP contribution < -0.4 is 0 Å². The highest BCUT2D eigenvalue weighted by Crippen LogP contribution is 2.32. The van der Waals surface area contributed by atoms with Crippen molar-refractivity contribution in [3.05, 3.63) is 81.8 Å². The Morgan fingerprint density at radius 2 is 1.84 bits per heavy atom. The largest absolute Gasteiger partial charge is 0.251 e. The summed E-state index contributed by atoms with van der Waals surface area (Å²) in [5.74, 6) is 0. The van der Waals surface area contributed by atoms with Crippen molar-refractivity contribution < 1.29 is 0 Å². The summed E-state index contributed by atoms with van der Waals surface area (Å²) in [5.41, 5.74) is 1.44. The van der Waals surface area contributed by atoms with Crippen LogP contribution in [0.15, 0.2) is 65.7 Å². The van der Waals surface area contributed by atoms with Gasteiger partial charge < -0.3 is 0 Å². The Kier molecular flexibility index (Phi) is 5.52. The van der Waals surface area contributed by atoms with Crippen molar-refractivity contribution in [1.82, 2.24) is 14.8 Å². The number of aryl methyl sites for hydroxylation is 1. The fourth-order valence-electron chi connectivity index (χ4n) is 2.84. The SMILES string of the molecule is N#CC(CCc1ccc(Cl)cc1)(Cn1cncn1)c1ccc(Br)cc1. The second-order valence-corrected chi connectivity index (χ2v) is 7.27. The Labute approximate surface area is 160 Å². The molecule has 3 rings (SSSR count). The van der Waals surface area contributed by atoms with Gasteiger partial charge in [-0.1, -0.05) is 51.8 Å². The number of benzene rings is 2. The molecule has 0 aliphatic carbocycles. The molecule has 0 saturated carbocycles. The van der Waals surface area contributed by atoms with Crippen LogP contribution in [0.2, 0.25) is 5.02 Å². The monoisotopic (exact) mass is 414 g/mol. The minimum Gasteiger partial charge on any atom is -0.251 e. The Morgan fingerprint density at radius 3 is 2.44 bits per heavy atom. The second kappa shape index (κ2) is 7.81. The van der Waals surface area contributed by atoms with Gasteiger partial charge in [0.2, 0.25) is 0 Å². The maximum Gasteiger partial charge on any atom is 0.137 e. The molecular weight excluding hydrogens is 400 g/mol. The van der Waals surface area contributed by atoms with Gasteiger partial charge in [-0.2, -0.15) is 10.4 Å². The summed E-state index contributed by atoms with van der Waals surface area (Å²) in [6.45, 7) is 0.457. The van der Waals surface area contributed by atoms with E-state index in [4.69, 9.17) is 11.6 Å². The molecule has 0 bridgehead atoms. The quantitative estimate of drug-likeness (QED) is 0.582. The summed E-state index contributed by atoms with van der Waals surface area (Å²) in [7, 11) is 0. The fraction of sp³-hybridized carbons (Fsp3) is 0.211. The van der Waals surface area contributed by atoms with Crippen molar-refractivity contribution in [2.75, 3.05) is 0 Å². The molecule has 0 aliphatic rings. The third-order valence-corrected chi connectivity index (χ3v) is 5.04. The Hall–Kier alpha value is -2.16. The molecule has 1 atom stereocenters. The van der Waals surface area contributed by atoms with E-state index < -0.39 is 5.41 Å². The number of aromatic nitrogens is 3. The zero-order chi connectivity index (χ0) is 17.7. The third kappa shape index (κ3) is 4.28. The highest BCUT2D eigenvalue weighted by atomic mass is 79.9. The minimum absolute atomic E-state index is 0.457. The lowest BCUT2D eigenvalue weighted by molar-refractivity contribution is 0.402. The topological polar surface area (TPSA) is 54.5 Å². The lowest BCUT2D eigenvalue weighted by Gasteiger charge is -2.27. The number of rotatable bonds is 6. The van der Waals surface area contributed by atoms with Gasteiger partial charge in [-0.05, 0) is 48.2 Å². The zero-order valence-electron chi connectivity index (χ0n) is 13.4. The molecule has 0 aliphatic heterocycles. The van der Waals surface area contributed by atoms with Crippen LogP contribution in [0.3, 0.4) is 0 Å². The standard InChI is InChI=1S/C19H16BrClN4/c20-17-5-3-16(4-6-17)19(11-22,12-25-14-23-13-24-25)10-9-15-1-7-18(21)8-2-15/h1-8,13-14H,9-10,12H2. The van der Waals surface area contributed by atoms with E-state index in [1.807, 2.05) is 48.5 Å². The van der Waals surface area contributed by atoms with Gasteiger partial charge >= 0.3 is 0 Å². The molecule has 2 aromatic carbocycles. The van der Waals surface area contributed by atoms with Crippen LogP contribution in [-0.4, -0.2) is 14.8 Å². The molecule has 0 saturated heterocycles. The van der Waals surface area contributed by atoms with Crippen LogP contribution in [-0.2, 0) is 18.4 Å². The van der Waals surface area contributed by atoms with Gasteiger partial charge in [0.1, 0.15) is 18.1 Å². The molecule has 0 N–H and O–H groups in total. The van der Waals surface area contributed by atoms with Crippen LogP contribution in [0, 0.1) is 11.3 Å². The molecule has 126 valence electrons. The first-order valence-corrected chi connectivity index (χ1v) is 9.02. The van der Waals surface area contributed by atoms with E-state index in [0.29, 0.717) is 18.0 Å². The van der Waals surface area contributed by atoms with Gasteiger partial charge in [0.25, 0.3) is 0 Å². The zero-order valence-corrected chi connectivity index (χ0v) is 15.8. The van der Waals surface area contributed by atoms with Crippen LogP contribution in [0.5, 0.6) is 0 Å². The predicted octanol–water partition coefficient (Wildman–Crippen LogP) is 4.79. The van der Waals surface area contributed by atoms with E-state index in [0.717, 1.165) is 22.0 Å². The molecule has 0 fully saturated rings. The lowest BCUT2D eigenvalue weighted by atomic mass is 9.77.